The van der Waals surface area contributed by atoms with E-state index in [0.29, 0.717) is 16.5 Å². The van der Waals surface area contributed by atoms with Crippen LogP contribution in [0, 0.1) is 5.41 Å². The van der Waals surface area contributed by atoms with Gasteiger partial charge in [-0.05, 0) is 49.5 Å². The minimum absolute atomic E-state index is 0.0827. The van der Waals surface area contributed by atoms with Crippen molar-refractivity contribution in [1.29, 1.82) is 0 Å². The highest BCUT2D eigenvalue weighted by atomic mass is 32.1. The Morgan fingerprint density at radius 3 is 2.88 bits per heavy atom. The van der Waals surface area contributed by atoms with Gasteiger partial charge in [-0.1, -0.05) is 17.4 Å². The van der Waals surface area contributed by atoms with Gasteiger partial charge in [0.2, 0.25) is 5.88 Å². The molecule has 0 bridgehead atoms. The molecule has 2 aromatic rings. The molecule has 5 rings (SSSR count). The van der Waals surface area contributed by atoms with E-state index in [-0.39, 0.29) is 17.6 Å². The van der Waals surface area contributed by atoms with E-state index in [0.717, 1.165) is 75.1 Å². The van der Waals surface area contributed by atoms with Crippen LogP contribution in [0.25, 0.3) is 15.8 Å². The highest BCUT2D eigenvalue weighted by molar-refractivity contribution is 7.22. The van der Waals surface area contributed by atoms with Crippen LogP contribution in [0.15, 0.2) is 12.3 Å². The zero-order valence-electron chi connectivity index (χ0n) is 18.7. The van der Waals surface area contributed by atoms with Gasteiger partial charge < -0.3 is 19.1 Å². The molecule has 3 aliphatic rings. The number of hydrogen-bond acceptors (Lipinski definition) is 7. The number of allylic oxidation sites excluding steroid dienone is 1. The average Bonchev–Trinajstić information content (AvgIpc) is 3.43. The molecular weight excluding hydrogens is 428 g/mol. The first-order chi connectivity index (χ1) is 15.6. The van der Waals surface area contributed by atoms with Crippen molar-refractivity contribution >= 4 is 38.3 Å². The molecule has 32 heavy (non-hydrogen) atoms. The number of nitrogens with zero attached hydrogens (tertiary/aromatic N) is 3. The normalized spacial score (nSPS) is 22.9. The molecule has 2 aliphatic heterocycles. The molecule has 0 saturated carbocycles. The molecule has 2 amide bonds. The third-order valence-electron chi connectivity index (χ3n) is 7.11. The standard InChI is InChI=1S/C23H30N4O4S/c1-29-16-5-3-15(4-6-16)17-13-24-20(30-2)18-19(17)32-21(25-18)26-22(28)27-10-7-23(14-27)8-11-31-12-9-23/h3,13,16H,4-12,14H2,1-2H3,(H,25,26,28). The van der Waals surface area contributed by atoms with Gasteiger partial charge in [0.25, 0.3) is 0 Å². The molecule has 1 N–H and O–H groups in total. The van der Waals surface area contributed by atoms with E-state index in [2.05, 4.69) is 21.4 Å². The Balaban J connectivity index is 1.37. The van der Waals surface area contributed by atoms with Crippen LogP contribution in [0.4, 0.5) is 9.93 Å². The smallest absolute Gasteiger partial charge is 0.323 e. The van der Waals surface area contributed by atoms with Crippen molar-refractivity contribution in [3.63, 3.8) is 0 Å². The zero-order chi connectivity index (χ0) is 22.1. The fraction of sp³-hybridized carbons (Fsp3) is 0.609. The van der Waals surface area contributed by atoms with Crippen LogP contribution in [0.2, 0.25) is 0 Å². The number of fused-ring (bicyclic) bond motifs is 1. The maximum Gasteiger partial charge on any atom is 0.323 e. The number of aromatic nitrogens is 2. The molecule has 8 nitrogen and oxygen atoms in total. The Labute approximate surface area is 192 Å². The van der Waals surface area contributed by atoms with Gasteiger partial charge in [-0.2, -0.15) is 0 Å². The topological polar surface area (TPSA) is 85.8 Å². The van der Waals surface area contributed by atoms with E-state index in [1.54, 1.807) is 14.2 Å². The second kappa shape index (κ2) is 8.96. The van der Waals surface area contributed by atoms with E-state index in [1.165, 1.54) is 16.9 Å². The SMILES string of the molecule is COc1ncc(C2=CCC(OC)CC2)c2sc(NC(=O)N3CCC4(CCOCC4)C3)nc12. The lowest BCUT2D eigenvalue weighted by atomic mass is 9.80. The van der Waals surface area contributed by atoms with Crippen LogP contribution in [-0.2, 0) is 9.47 Å². The first-order valence-electron chi connectivity index (χ1n) is 11.3. The van der Waals surface area contributed by atoms with Crippen molar-refractivity contribution in [1.82, 2.24) is 14.9 Å². The van der Waals surface area contributed by atoms with Gasteiger partial charge in [-0.25, -0.2) is 14.8 Å². The van der Waals surface area contributed by atoms with Gasteiger partial charge in [0.15, 0.2) is 5.13 Å². The van der Waals surface area contributed by atoms with Crippen LogP contribution in [0.3, 0.4) is 0 Å². The lowest BCUT2D eigenvalue weighted by molar-refractivity contribution is 0.0211. The molecule has 2 fully saturated rings. The Kier molecular flexibility index (Phi) is 6.05. The quantitative estimate of drug-likeness (QED) is 0.735. The van der Waals surface area contributed by atoms with Crippen molar-refractivity contribution in [3.05, 3.63) is 17.8 Å². The Morgan fingerprint density at radius 2 is 2.16 bits per heavy atom. The summed E-state index contributed by atoms with van der Waals surface area (Å²) in [6.45, 7) is 3.16. The molecule has 1 aliphatic carbocycles. The summed E-state index contributed by atoms with van der Waals surface area (Å²) in [7, 11) is 3.36. The molecule has 2 saturated heterocycles. The number of thiazole rings is 1. The summed E-state index contributed by atoms with van der Waals surface area (Å²) < 4.78 is 17.5. The van der Waals surface area contributed by atoms with E-state index in [9.17, 15) is 4.79 Å². The minimum atomic E-state index is -0.0827. The summed E-state index contributed by atoms with van der Waals surface area (Å²) in [5.41, 5.74) is 3.23. The third-order valence-corrected chi connectivity index (χ3v) is 8.12. The van der Waals surface area contributed by atoms with Gasteiger partial charge in [-0.3, -0.25) is 5.32 Å². The number of hydrogen-bond donors (Lipinski definition) is 1. The maximum atomic E-state index is 13.0. The number of methoxy groups -OCH3 is 2. The summed E-state index contributed by atoms with van der Waals surface area (Å²) >= 11 is 1.49. The Bertz CT molecular complexity index is 1030. The number of anilines is 1. The Morgan fingerprint density at radius 1 is 1.31 bits per heavy atom. The zero-order valence-corrected chi connectivity index (χ0v) is 19.5. The number of likely N-dealkylation sites (tertiary alicyclic amines) is 1. The van der Waals surface area contributed by atoms with E-state index < -0.39 is 0 Å². The van der Waals surface area contributed by atoms with Crippen LogP contribution < -0.4 is 10.1 Å². The molecular formula is C23H30N4O4S. The van der Waals surface area contributed by atoms with Crippen molar-refractivity contribution in [3.8, 4) is 5.88 Å². The second-order valence-corrected chi connectivity index (χ2v) is 9.95. The monoisotopic (exact) mass is 458 g/mol. The minimum Gasteiger partial charge on any atom is -0.479 e. The molecule has 0 aromatic carbocycles. The van der Waals surface area contributed by atoms with Gasteiger partial charge in [0.1, 0.15) is 5.52 Å². The highest BCUT2D eigenvalue weighted by Crippen LogP contribution is 2.41. The second-order valence-electron chi connectivity index (χ2n) is 8.95. The van der Waals surface area contributed by atoms with E-state index in [4.69, 9.17) is 14.2 Å². The molecule has 0 radical (unpaired) electrons. The first-order valence-corrected chi connectivity index (χ1v) is 12.1. The van der Waals surface area contributed by atoms with Crippen LogP contribution in [-0.4, -0.2) is 67.5 Å². The molecule has 4 heterocycles. The van der Waals surface area contributed by atoms with Gasteiger partial charge >= 0.3 is 6.03 Å². The highest BCUT2D eigenvalue weighted by Gasteiger charge is 2.41. The van der Waals surface area contributed by atoms with Crippen molar-refractivity contribution in [2.24, 2.45) is 5.41 Å². The fourth-order valence-electron chi connectivity index (χ4n) is 5.08. The van der Waals surface area contributed by atoms with Gasteiger partial charge in [0, 0.05) is 45.2 Å². The number of rotatable bonds is 4. The van der Waals surface area contributed by atoms with Crippen LogP contribution >= 0.6 is 11.3 Å². The lowest BCUT2D eigenvalue weighted by Crippen LogP contribution is -2.37. The molecule has 1 spiro atoms. The predicted molar refractivity (Wildman–Crippen MR) is 124 cm³/mol. The number of carbonyl (C=O) groups is 1. The van der Waals surface area contributed by atoms with Crippen LogP contribution in [0.1, 0.15) is 44.1 Å². The summed E-state index contributed by atoms with van der Waals surface area (Å²) in [4.78, 5) is 24.1. The Hall–Kier alpha value is -2.23. The third kappa shape index (κ3) is 4.09. The fourth-order valence-corrected chi connectivity index (χ4v) is 6.07. The molecule has 1 atom stereocenters. The van der Waals surface area contributed by atoms with E-state index >= 15 is 0 Å². The van der Waals surface area contributed by atoms with Crippen LogP contribution in [0.5, 0.6) is 5.88 Å². The number of amides is 2. The maximum absolute atomic E-state index is 13.0. The van der Waals surface area contributed by atoms with E-state index in [1.807, 2.05) is 11.1 Å². The molecule has 2 aromatic heterocycles. The first kappa shape index (κ1) is 21.6. The lowest BCUT2D eigenvalue weighted by Gasteiger charge is -2.33. The van der Waals surface area contributed by atoms with Crippen molar-refractivity contribution < 1.29 is 19.0 Å². The molecule has 172 valence electrons. The summed E-state index contributed by atoms with van der Waals surface area (Å²) in [5.74, 6) is 0.481. The summed E-state index contributed by atoms with van der Waals surface area (Å²) in [6, 6.07) is -0.0827. The molecule has 1 unspecified atom stereocenters. The van der Waals surface area contributed by atoms with Crippen molar-refractivity contribution in [2.75, 3.05) is 45.8 Å². The van der Waals surface area contributed by atoms with Crippen molar-refractivity contribution in [2.45, 2.75) is 44.6 Å². The number of urea groups is 1. The van der Waals surface area contributed by atoms with Gasteiger partial charge in [-0.15, -0.1) is 0 Å². The number of nitrogens with one attached hydrogen (secondary N) is 1. The van der Waals surface area contributed by atoms with Gasteiger partial charge in [0.05, 0.1) is 17.9 Å². The number of pyridine rings is 1. The number of ether oxygens (including phenoxy) is 3. The summed E-state index contributed by atoms with van der Waals surface area (Å²) in [6.07, 6.45) is 10.3. The molecule has 9 heteroatoms. The number of carbonyl (C=O) groups excluding carboxylic acids is 1. The predicted octanol–water partition coefficient (Wildman–Crippen LogP) is 4.32. The summed E-state index contributed by atoms with van der Waals surface area (Å²) in [5, 5.41) is 3.61. The average molecular weight is 459 g/mol. The largest absolute Gasteiger partial charge is 0.479 e.